The van der Waals surface area contributed by atoms with Crippen LogP contribution in [0.1, 0.15) is 24.1 Å². The van der Waals surface area contributed by atoms with Crippen LogP contribution >= 0.6 is 15.9 Å². The Kier molecular flexibility index (Phi) is 4.31. The van der Waals surface area contributed by atoms with E-state index in [-0.39, 0.29) is 6.04 Å². The van der Waals surface area contributed by atoms with Crippen molar-refractivity contribution in [2.45, 2.75) is 19.4 Å². The fourth-order valence-corrected chi connectivity index (χ4v) is 2.98. The molecule has 1 atom stereocenters. The predicted octanol–water partition coefficient (Wildman–Crippen LogP) is 3.39. The minimum Gasteiger partial charge on any atom is -0.310 e. The first kappa shape index (κ1) is 14.2. The number of nitrogens with zero attached hydrogens (tertiary/aromatic N) is 3. The monoisotopic (exact) mass is 344 g/mol. The van der Waals surface area contributed by atoms with Gasteiger partial charge in [0, 0.05) is 34.7 Å². The lowest BCUT2D eigenvalue weighted by molar-refractivity contribution is 0.552. The lowest BCUT2D eigenvalue weighted by Gasteiger charge is -2.17. The molecule has 0 radical (unpaired) electrons. The normalized spacial score (nSPS) is 12.7. The van der Waals surface area contributed by atoms with E-state index in [1.165, 1.54) is 11.1 Å². The summed E-state index contributed by atoms with van der Waals surface area (Å²) >= 11 is 3.48. The van der Waals surface area contributed by atoms with Crippen molar-refractivity contribution in [1.29, 1.82) is 0 Å². The Bertz CT molecular complexity index is 738. The second-order valence-corrected chi connectivity index (χ2v) is 5.87. The van der Waals surface area contributed by atoms with Gasteiger partial charge < -0.3 is 5.32 Å². The molecule has 3 heterocycles. The van der Waals surface area contributed by atoms with E-state index in [1.807, 2.05) is 35.2 Å². The first-order valence-corrected chi connectivity index (χ1v) is 7.82. The van der Waals surface area contributed by atoms with E-state index in [0.717, 1.165) is 23.0 Å². The summed E-state index contributed by atoms with van der Waals surface area (Å²) in [4.78, 5) is 4.25. The molecule has 0 aliphatic carbocycles. The summed E-state index contributed by atoms with van der Waals surface area (Å²) in [5.41, 5.74) is 3.56. The third kappa shape index (κ3) is 3.14. The maximum Gasteiger partial charge on any atom is 0.0709 e. The Morgan fingerprint density at radius 2 is 2.19 bits per heavy atom. The van der Waals surface area contributed by atoms with Crippen LogP contribution in [0.2, 0.25) is 0 Å². The SMILES string of the molecule is CCNC(Cc1cncc(Br)c1)c1cnn2ccccc12. The van der Waals surface area contributed by atoms with Gasteiger partial charge in [-0.2, -0.15) is 5.10 Å². The van der Waals surface area contributed by atoms with Crippen molar-refractivity contribution in [1.82, 2.24) is 19.9 Å². The molecule has 0 aliphatic heterocycles. The zero-order chi connectivity index (χ0) is 14.7. The molecular formula is C16H17BrN4. The van der Waals surface area contributed by atoms with Gasteiger partial charge in [0.25, 0.3) is 0 Å². The fraction of sp³-hybridized carbons (Fsp3) is 0.250. The number of rotatable bonds is 5. The summed E-state index contributed by atoms with van der Waals surface area (Å²) in [7, 11) is 0. The topological polar surface area (TPSA) is 42.2 Å². The van der Waals surface area contributed by atoms with Crippen LogP contribution in [0.3, 0.4) is 0 Å². The van der Waals surface area contributed by atoms with Crippen LogP contribution in [-0.2, 0) is 6.42 Å². The molecule has 0 fully saturated rings. The van der Waals surface area contributed by atoms with Crippen LogP contribution in [0.5, 0.6) is 0 Å². The van der Waals surface area contributed by atoms with Crippen LogP contribution in [0.15, 0.2) is 53.5 Å². The largest absolute Gasteiger partial charge is 0.310 e. The third-order valence-corrected chi connectivity index (χ3v) is 3.92. The van der Waals surface area contributed by atoms with Crippen LogP contribution in [0, 0.1) is 0 Å². The molecule has 0 bridgehead atoms. The van der Waals surface area contributed by atoms with Gasteiger partial charge in [0.05, 0.1) is 11.7 Å². The Morgan fingerprint density at radius 1 is 1.29 bits per heavy atom. The van der Waals surface area contributed by atoms with E-state index in [2.05, 4.69) is 50.4 Å². The zero-order valence-electron chi connectivity index (χ0n) is 11.8. The van der Waals surface area contributed by atoms with E-state index >= 15 is 0 Å². The highest BCUT2D eigenvalue weighted by atomic mass is 79.9. The van der Waals surface area contributed by atoms with Gasteiger partial charge in [-0.25, -0.2) is 4.52 Å². The maximum absolute atomic E-state index is 4.43. The number of pyridine rings is 2. The number of halogens is 1. The van der Waals surface area contributed by atoms with E-state index < -0.39 is 0 Å². The molecule has 0 aromatic carbocycles. The summed E-state index contributed by atoms with van der Waals surface area (Å²) in [6.45, 7) is 3.04. The highest BCUT2D eigenvalue weighted by molar-refractivity contribution is 9.10. The lowest BCUT2D eigenvalue weighted by Crippen LogP contribution is -2.22. The Morgan fingerprint density at radius 3 is 3.00 bits per heavy atom. The van der Waals surface area contributed by atoms with E-state index in [4.69, 9.17) is 0 Å². The van der Waals surface area contributed by atoms with E-state index in [0.29, 0.717) is 0 Å². The first-order valence-electron chi connectivity index (χ1n) is 7.03. The summed E-state index contributed by atoms with van der Waals surface area (Å²) < 4.78 is 2.92. The standard InChI is InChI=1S/C16H17BrN4/c1-2-19-15(8-12-7-13(17)10-18-9-12)14-11-20-21-6-4-3-5-16(14)21/h3-7,9-11,15,19H,2,8H2,1H3. The van der Waals surface area contributed by atoms with Gasteiger partial charge >= 0.3 is 0 Å². The van der Waals surface area contributed by atoms with Crippen LogP contribution in [-0.4, -0.2) is 21.1 Å². The van der Waals surface area contributed by atoms with Crippen molar-refractivity contribution in [2.24, 2.45) is 0 Å². The molecule has 0 amide bonds. The summed E-state index contributed by atoms with van der Waals surface area (Å²) in [6.07, 6.45) is 8.54. The fourth-order valence-electron chi connectivity index (χ4n) is 2.56. The molecular weight excluding hydrogens is 328 g/mol. The Hall–Kier alpha value is -1.72. The number of likely N-dealkylation sites (N-methyl/N-ethyl adjacent to an activating group) is 1. The van der Waals surface area contributed by atoms with Crippen molar-refractivity contribution in [2.75, 3.05) is 6.54 Å². The van der Waals surface area contributed by atoms with Gasteiger partial charge in [0.2, 0.25) is 0 Å². The molecule has 0 saturated carbocycles. The summed E-state index contributed by atoms with van der Waals surface area (Å²) in [6, 6.07) is 8.48. The van der Waals surface area contributed by atoms with Gasteiger partial charge in [0.15, 0.2) is 0 Å². The van der Waals surface area contributed by atoms with Crippen molar-refractivity contribution in [3.8, 4) is 0 Å². The quantitative estimate of drug-likeness (QED) is 0.771. The third-order valence-electron chi connectivity index (χ3n) is 3.48. The smallest absolute Gasteiger partial charge is 0.0709 e. The maximum atomic E-state index is 4.43. The zero-order valence-corrected chi connectivity index (χ0v) is 13.4. The van der Waals surface area contributed by atoms with E-state index in [1.54, 1.807) is 6.20 Å². The Labute approximate surface area is 132 Å². The molecule has 108 valence electrons. The summed E-state index contributed by atoms with van der Waals surface area (Å²) in [5.74, 6) is 0. The molecule has 21 heavy (non-hydrogen) atoms. The molecule has 5 heteroatoms. The van der Waals surface area contributed by atoms with Crippen LogP contribution < -0.4 is 5.32 Å². The molecule has 1 N–H and O–H groups in total. The minimum atomic E-state index is 0.228. The number of aromatic nitrogens is 3. The summed E-state index contributed by atoms with van der Waals surface area (Å²) in [5, 5.41) is 7.98. The number of hydrogen-bond donors (Lipinski definition) is 1. The van der Waals surface area contributed by atoms with Crippen LogP contribution in [0.25, 0.3) is 5.52 Å². The second-order valence-electron chi connectivity index (χ2n) is 4.96. The van der Waals surface area contributed by atoms with Crippen molar-refractivity contribution in [3.05, 3.63) is 64.7 Å². The minimum absolute atomic E-state index is 0.228. The number of hydrogen-bond acceptors (Lipinski definition) is 3. The van der Waals surface area contributed by atoms with Crippen molar-refractivity contribution in [3.63, 3.8) is 0 Å². The van der Waals surface area contributed by atoms with Gasteiger partial charge in [-0.15, -0.1) is 0 Å². The highest BCUT2D eigenvalue weighted by Gasteiger charge is 2.16. The van der Waals surface area contributed by atoms with Gasteiger partial charge in [-0.05, 0) is 52.7 Å². The van der Waals surface area contributed by atoms with E-state index in [9.17, 15) is 0 Å². The molecule has 3 aromatic heterocycles. The molecule has 3 aromatic rings. The van der Waals surface area contributed by atoms with Gasteiger partial charge in [0.1, 0.15) is 0 Å². The molecule has 0 saturated heterocycles. The predicted molar refractivity (Wildman–Crippen MR) is 87.3 cm³/mol. The van der Waals surface area contributed by atoms with Gasteiger partial charge in [-0.3, -0.25) is 4.98 Å². The highest BCUT2D eigenvalue weighted by Crippen LogP contribution is 2.23. The molecule has 0 aliphatic rings. The number of nitrogens with one attached hydrogen (secondary N) is 1. The molecule has 3 rings (SSSR count). The van der Waals surface area contributed by atoms with Crippen molar-refractivity contribution >= 4 is 21.4 Å². The second kappa shape index (κ2) is 6.37. The average Bonchev–Trinajstić information content (AvgIpc) is 2.91. The van der Waals surface area contributed by atoms with Crippen LogP contribution in [0.4, 0.5) is 0 Å². The average molecular weight is 345 g/mol. The first-order chi connectivity index (χ1) is 10.3. The Balaban J connectivity index is 1.94. The van der Waals surface area contributed by atoms with Gasteiger partial charge in [-0.1, -0.05) is 13.0 Å². The lowest BCUT2D eigenvalue weighted by atomic mass is 10.0. The van der Waals surface area contributed by atoms with Crippen molar-refractivity contribution < 1.29 is 0 Å². The molecule has 0 spiro atoms. The molecule has 4 nitrogen and oxygen atoms in total. The number of fused-ring (bicyclic) bond motifs is 1. The molecule has 1 unspecified atom stereocenters.